The van der Waals surface area contributed by atoms with Gasteiger partial charge in [-0.2, -0.15) is 0 Å². The molecule has 0 radical (unpaired) electrons. The fraction of sp³-hybridized carbons (Fsp3) is 0.0345. The van der Waals surface area contributed by atoms with Crippen LogP contribution in [0.2, 0.25) is 0 Å². The molecule has 5 aromatic rings. The summed E-state index contributed by atoms with van der Waals surface area (Å²) in [6, 6.07) is 30.1. The molecule has 0 spiro atoms. The summed E-state index contributed by atoms with van der Waals surface area (Å²) in [5.74, 6) is -0.263. The topological polar surface area (TPSA) is 76.9 Å². The zero-order valence-electron chi connectivity index (χ0n) is 18.8. The van der Waals surface area contributed by atoms with Crippen molar-refractivity contribution in [2.24, 2.45) is 0 Å². The summed E-state index contributed by atoms with van der Waals surface area (Å²) in [6.07, 6.45) is 5.28. The monoisotopic (exact) mass is 458 g/mol. The molecule has 0 aliphatic heterocycles. The number of carbonyl (C=O) groups is 1. The molecule has 0 saturated carbocycles. The number of nitrogens with one attached hydrogen (secondary N) is 1. The van der Waals surface area contributed by atoms with E-state index in [1.54, 1.807) is 41.1 Å². The smallest absolute Gasteiger partial charge is 0.278 e. The van der Waals surface area contributed by atoms with Crippen molar-refractivity contribution in [2.45, 2.75) is 6.42 Å². The highest BCUT2D eigenvalue weighted by Gasteiger charge is 2.14. The van der Waals surface area contributed by atoms with Gasteiger partial charge in [0.25, 0.3) is 5.56 Å². The van der Waals surface area contributed by atoms with E-state index in [4.69, 9.17) is 0 Å². The van der Waals surface area contributed by atoms with Crippen molar-refractivity contribution in [3.8, 4) is 5.69 Å². The third-order valence-corrected chi connectivity index (χ3v) is 5.50. The van der Waals surface area contributed by atoms with Crippen LogP contribution >= 0.6 is 0 Å². The first kappa shape index (κ1) is 22.0. The number of fused-ring (bicyclic) bond motifs is 1. The van der Waals surface area contributed by atoms with E-state index in [0.29, 0.717) is 34.7 Å². The summed E-state index contributed by atoms with van der Waals surface area (Å²) in [4.78, 5) is 35.1. The number of amides is 1. The van der Waals surface area contributed by atoms with Gasteiger partial charge in [-0.1, -0.05) is 66.7 Å². The molecule has 0 atom stereocenters. The third kappa shape index (κ3) is 5.07. The Hall–Kier alpha value is -4.84. The highest BCUT2D eigenvalue weighted by molar-refractivity contribution is 6.02. The van der Waals surface area contributed by atoms with Gasteiger partial charge < -0.3 is 5.32 Å². The fourth-order valence-electron chi connectivity index (χ4n) is 3.85. The van der Waals surface area contributed by atoms with Gasteiger partial charge in [0.15, 0.2) is 5.65 Å². The van der Waals surface area contributed by atoms with E-state index >= 15 is 0 Å². The van der Waals surface area contributed by atoms with E-state index < -0.39 is 0 Å². The second-order valence-electron chi connectivity index (χ2n) is 7.99. The van der Waals surface area contributed by atoms with Crippen molar-refractivity contribution in [2.75, 3.05) is 5.32 Å². The zero-order chi connectivity index (χ0) is 24.0. The lowest BCUT2D eigenvalue weighted by Crippen LogP contribution is -2.25. The fourth-order valence-corrected chi connectivity index (χ4v) is 3.85. The van der Waals surface area contributed by atoms with Gasteiger partial charge >= 0.3 is 0 Å². The molecule has 35 heavy (non-hydrogen) atoms. The van der Waals surface area contributed by atoms with Crippen LogP contribution in [0, 0.1) is 0 Å². The second kappa shape index (κ2) is 9.97. The van der Waals surface area contributed by atoms with Crippen LogP contribution in [0.1, 0.15) is 16.8 Å². The molecule has 2 heterocycles. The summed E-state index contributed by atoms with van der Waals surface area (Å²) >= 11 is 0. The molecule has 0 bridgehead atoms. The van der Waals surface area contributed by atoms with Crippen LogP contribution in [-0.4, -0.2) is 20.4 Å². The maximum absolute atomic E-state index is 13.5. The number of benzene rings is 3. The van der Waals surface area contributed by atoms with Crippen LogP contribution in [-0.2, 0) is 11.2 Å². The maximum atomic E-state index is 13.5. The Morgan fingerprint density at radius 3 is 2.46 bits per heavy atom. The number of carbonyl (C=O) groups excluding carboxylic acids is 1. The van der Waals surface area contributed by atoms with Gasteiger partial charge in [-0.15, -0.1) is 0 Å². The van der Waals surface area contributed by atoms with Crippen molar-refractivity contribution in [3.63, 3.8) is 0 Å². The minimum atomic E-state index is -0.263. The first-order chi connectivity index (χ1) is 17.2. The normalized spacial score (nSPS) is 11.1. The minimum Gasteiger partial charge on any atom is -0.322 e. The maximum Gasteiger partial charge on any atom is 0.278 e. The Kier molecular flexibility index (Phi) is 6.26. The van der Waals surface area contributed by atoms with E-state index in [0.717, 1.165) is 11.1 Å². The van der Waals surface area contributed by atoms with Gasteiger partial charge in [0.05, 0.1) is 5.69 Å². The summed E-state index contributed by atoms with van der Waals surface area (Å²) < 4.78 is 1.55. The molecule has 0 saturated heterocycles. The SMILES string of the molecule is O=C(C=Cc1ccccc1)Nc1cccc(-n2c(=O)c(Cc3ccccc3)nc3cccnc32)c1. The largest absolute Gasteiger partial charge is 0.322 e. The Morgan fingerprint density at radius 1 is 0.886 bits per heavy atom. The summed E-state index contributed by atoms with van der Waals surface area (Å²) in [5, 5.41) is 2.87. The lowest BCUT2D eigenvalue weighted by Gasteiger charge is -2.13. The molecule has 0 fully saturated rings. The van der Waals surface area contributed by atoms with E-state index in [1.807, 2.05) is 72.8 Å². The minimum absolute atomic E-state index is 0.243. The van der Waals surface area contributed by atoms with Gasteiger partial charge in [0.2, 0.25) is 5.91 Å². The van der Waals surface area contributed by atoms with E-state index in [9.17, 15) is 9.59 Å². The molecular formula is C29H22N4O2. The first-order valence-corrected chi connectivity index (χ1v) is 11.2. The number of pyridine rings is 1. The molecule has 0 aliphatic rings. The number of rotatable bonds is 6. The number of anilines is 1. The first-order valence-electron chi connectivity index (χ1n) is 11.2. The molecule has 0 unspecified atom stereocenters. The quantitative estimate of drug-likeness (QED) is 0.362. The Labute approximate surface area is 202 Å². The van der Waals surface area contributed by atoms with Crippen molar-refractivity contribution in [1.29, 1.82) is 0 Å². The molecule has 5 rings (SSSR count). The van der Waals surface area contributed by atoms with Gasteiger partial charge in [-0.25, -0.2) is 9.97 Å². The number of hydrogen-bond donors (Lipinski definition) is 1. The number of aromatic nitrogens is 3. The van der Waals surface area contributed by atoms with Crippen LogP contribution in [0.25, 0.3) is 22.9 Å². The van der Waals surface area contributed by atoms with Crippen LogP contribution in [0.4, 0.5) is 5.69 Å². The van der Waals surface area contributed by atoms with Gasteiger partial charge in [-0.05, 0) is 47.5 Å². The van der Waals surface area contributed by atoms with Crippen LogP contribution in [0.5, 0.6) is 0 Å². The lowest BCUT2D eigenvalue weighted by molar-refractivity contribution is -0.111. The molecule has 3 aromatic carbocycles. The standard InChI is InChI=1S/C29H22N4O2/c34-27(17-16-21-9-3-1-4-10-21)31-23-13-7-14-24(20-23)33-28-25(15-8-18-30-28)32-26(29(33)35)19-22-11-5-2-6-12-22/h1-18,20H,19H2,(H,31,34). The highest BCUT2D eigenvalue weighted by Crippen LogP contribution is 2.18. The van der Waals surface area contributed by atoms with Crippen molar-refractivity contribution >= 4 is 28.8 Å². The summed E-state index contributed by atoms with van der Waals surface area (Å²) in [7, 11) is 0. The third-order valence-electron chi connectivity index (χ3n) is 5.50. The Bertz CT molecular complexity index is 1580. The van der Waals surface area contributed by atoms with Gasteiger partial charge in [0, 0.05) is 24.4 Å². The van der Waals surface area contributed by atoms with Gasteiger partial charge in [0.1, 0.15) is 11.2 Å². The van der Waals surface area contributed by atoms with Crippen LogP contribution in [0.3, 0.4) is 0 Å². The van der Waals surface area contributed by atoms with E-state index in [-0.39, 0.29) is 11.5 Å². The number of hydrogen-bond acceptors (Lipinski definition) is 4. The lowest BCUT2D eigenvalue weighted by atomic mass is 10.1. The Balaban J connectivity index is 1.50. The second-order valence-corrected chi connectivity index (χ2v) is 7.99. The van der Waals surface area contributed by atoms with Crippen molar-refractivity contribution in [3.05, 3.63) is 137 Å². The van der Waals surface area contributed by atoms with Crippen molar-refractivity contribution in [1.82, 2.24) is 14.5 Å². The van der Waals surface area contributed by atoms with Crippen molar-refractivity contribution < 1.29 is 4.79 Å². The van der Waals surface area contributed by atoms with E-state index in [2.05, 4.69) is 15.3 Å². The number of nitrogens with zero attached hydrogens (tertiary/aromatic N) is 3. The highest BCUT2D eigenvalue weighted by atomic mass is 16.1. The average molecular weight is 459 g/mol. The van der Waals surface area contributed by atoms with Gasteiger partial charge in [-0.3, -0.25) is 14.2 Å². The summed E-state index contributed by atoms with van der Waals surface area (Å²) in [5.41, 5.74) is 4.37. The molecule has 6 heteroatoms. The predicted octanol–water partition coefficient (Wildman–Crippen LogP) is 5.02. The average Bonchev–Trinajstić information content (AvgIpc) is 2.89. The summed E-state index contributed by atoms with van der Waals surface area (Å²) in [6.45, 7) is 0. The zero-order valence-corrected chi connectivity index (χ0v) is 18.8. The van der Waals surface area contributed by atoms with Crippen LogP contribution < -0.4 is 10.9 Å². The molecule has 6 nitrogen and oxygen atoms in total. The molecule has 1 N–H and O–H groups in total. The molecule has 1 amide bonds. The van der Waals surface area contributed by atoms with E-state index in [1.165, 1.54) is 6.08 Å². The molecule has 2 aromatic heterocycles. The molecule has 0 aliphatic carbocycles. The molecule has 170 valence electrons. The predicted molar refractivity (Wildman–Crippen MR) is 138 cm³/mol. The molecular weight excluding hydrogens is 436 g/mol. The van der Waals surface area contributed by atoms with Crippen LogP contribution in [0.15, 0.2) is 114 Å². The Morgan fingerprint density at radius 2 is 1.66 bits per heavy atom.